The van der Waals surface area contributed by atoms with Gasteiger partial charge >= 0.3 is 0 Å². The first-order valence-electron chi connectivity index (χ1n) is 13.0. The smallest absolute Gasteiger partial charge is 0.253 e. The van der Waals surface area contributed by atoms with Gasteiger partial charge in [-0.15, -0.1) is 0 Å². The molecule has 1 saturated heterocycles. The molecule has 0 N–H and O–H groups in total. The molecule has 5 nitrogen and oxygen atoms in total. The van der Waals surface area contributed by atoms with Crippen LogP contribution in [-0.4, -0.2) is 43.6 Å². The molecule has 190 valence electrons. The first kappa shape index (κ1) is 24.7. The number of amides is 1. The van der Waals surface area contributed by atoms with Gasteiger partial charge < -0.3 is 19.3 Å². The van der Waals surface area contributed by atoms with E-state index in [0.717, 1.165) is 35.5 Å². The van der Waals surface area contributed by atoms with E-state index in [-0.39, 0.29) is 5.91 Å². The van der Waals surface area contributed by atoms with Crippen LogP contribution in [0.1, 0.15) is 34.0 Å². The fourth-order valence-electron chi connectivity index (χ4n) is 4.95. The molecule has 0 saturated carbocycles. The molecule has 0 aliphatic carbocycles. The molecule has 0 radical (unpaired) electrons. The summed E-state index contributed by atoms with van der Waals surface area (Å²) in [5, 5.41) is 2.31. The third-order valence-corrected chi connectivity index (χ3v) is 7.21. The van der Waals surface area contributed by atoms with Gasteiger partial charge in [0.1, 0.15) is 18.1 Å². The maximum atomic E-state index is 13.4. The molecular weight excluding hydrogens is 460 g/mol. The summed E-state index contributed by atoms with van der Waals surface area (Å²) < 4.78 is 12.0. The molecule has 5 rings (SSSR count). The average molecular weight is 495 g/mol. The van der Waals surface area contributed by atoms with Gasteiger partial charge in [0.15, 0.2) is 0 Å². The number of hydrogen-bond donors (Lipinski definition) is 0. The molecule has 4 aromatic rings. The van der Waals surface area contributed by atoms with E-state index in [2.05, 4.69) is 55.1 Å². The molecule has 0 bridgehead atoms. The van der Waals surface area contributed by atoms with Crippen molar-refractivity contribution in [3.63, 3.8) is 0 Å². The quantitative estimate of drug-likeness (QED) is 0.298. The fourth-order valence-corrected chi connectivity index (χ4v) is 4.95. The van der Waals surface area contributed by atoms with Crippen LogP contribution in [0.15, 0.2) is 78.9 Å². The lowest BCUT2D eigenvalue weighted by molar-refractivity contribution is 0.0746. The number of carbonyl (C=O) groups excluding carboxylic acids is 1. The summed E-state index contributed by atoms with van der Waals surface area (Å²) in [7, 11) is 0. The molecule has 1 aliphatic rings. The Morgan fingerprint density at radius 2 is 1.59 bits per heavy atom. The third kappa shape index (κ3) is 5.41. The van der Waals surface area contributed by atoms with E-state index in [4.69, 9.17) is 9.47 Å². The van der Waals surface area contributed by atoms with Gasteiger partial charge in [-0.2, -0.15) is 0 Å². The molecular formula is C32H34N2O3. The Hall–Kier alpha value is -3.99. The Balaban J connectivity index is 1.28. The molecule has 1 heterocycles. The standard InChI is InChI=1S/C32H34N2O3/c1-4-36-31-15-13-27(20-28(31)22-37-29-14-12-25-9-5-6-10-26(25)21-29)32(35)34-18-16-33(17-19-34)30-11-7-8-23(2)24(30)3/h5-15,20-21H,4,16-19,22H2,1-3H3. The molecule has 1 aliphatic heterocycles. The second kappa shape index (κ2) is 11.0. The molecule has 0 atom stereocenters. The number of rotatable bonds is 7. The Bertz CT molecular complexity index is 1410. The summed E-state index contributed by atoms with van der Waals surface area (Å²) in [6.07, 6.45) is 0. The number of nitrogens with zero attached hydrogens (tertiary/aromatic N) is 2. The summed E-state index contributed by atoms with van der Waals surface area (Å²) in [6.45, 7) is 10.2. The Morgan fingerprint density at radius 3 is 2.38 bits per heavy atom. The lowest BCUT2D eigenvalue weighted by atomic mass is 10.1. The minimum absolute atomic E-state index is 0.0515. The van der Waals surface area contributed by atoms with Crippen LogP contribution in [0, 0.1) is 13.8 Å². The maximum absolute atomic E-state index is 13.4. The third-order valence-electron chi connectivity index (χ3n) is 7.21. The molecule has 5 heteroatoms. The van der Waals surface area contributed by atoms with Crippen LogP contribution < -0.4 is 14.4 Å². The summed E-state index contributed by atoms with van der Waals surface area (Å²) >= 11 is 0. The molecule has 1 fully saturated rings. The lowest BCUT2D eigenvalue weighted by Gasteiger charge is -2.37. The molecule has 0 unspecified atom stereocenters. The van der Waals surface area contributed by atoms with E-state index in [0.29, 0.717) is 31.9 Å². The Morgan fingerprint density at radius 1 is 0.811 bits per heavy atom. The number of aryl methyl sites for hydroxylation is 1. The van der Waals surface area contributed by atoms with Crippen molar-refractivity contribution in [2.24, 2.45) is 0 Å². The maximum Gasteiger partial charge on any atom is 0.253 e. The van der Waals surface area contributed by atoms with Crippen molar-refractivity contribution in [3.8, 4) is 11.5 Å². The van der Waals surface area contributed by atoms with Crippen LogP contribution >= 0.6 is 0 Å². The first-order valence-corrected chi connectivity index (χ1v) is 13.0. The van der Waals surface area contributed by atoms with Crippen molar-refractivity contribution < 1.29 is 14.3 Å². The van der Waals surface area contributed by atoms with Gasteiger partial charge in [0, 0.05) is 43.0 Å². The van der Waals surface area contributed by atoms with Crippen LogP contribution in [0.25, 0.3) is 10.8 Å². The first-order chi connectivity index (χ1) is 18.0. The van der Waals surface area contributed by atoms with E-state index in [1.807, 2.05) is 54.3 Å². The molecule has 0 aromatic heterocycles. The summed E-state index contributed by atoms with van der Waals surface area (Å²) in [6, 6.07) is 26.4. The average Bonchev–Trinajstić information content (AvgIpc) is 2.94. The van der Waals surface area contributed by atoms with Crippen LogP contribution in [0.3, 0.4) is 0 Å². The van der Waals surface area contributed by atoms with E-state index in [9.17, 15) is 4.79 Å². The summed E-state index contributed by atoms with van der Waals surface area (Å²) in [5.41, 5.74) is 5.41. The Labute approximate surface area is 219 Å². The second-order valence-corrected chi connectivity index (χ2v) is 9.55. The van der Waals surface area contributed by atoms with Crippen LogP contribution in [0.4, 0.5) is 5.69 Å². The van der Waals surface area contributed by atoms with Crippen molar-refractivity contribution in [3.05, 3.63) is 101 Å². The summed E-state index contributed by atoms with van der Waals surface area (Å²) in [4.78, 5) is 17.8. The highest BCUT2D eigenvalue weighted by Gasteiger charge is 2.24. The summed E-state index contributed by atoms with van der Waals surface area (Å²) in [5.74, 6) is 1.59. The molecule has 0 spiro atoms. The molecule has 4 aromatic carbocycles. The topological polar surface area (TPSA) is 42.0 Å². The number of fused-ring (bicyclic) bond motifs is 1. The lowest BCUT2D eigenvalue weighted by Crippen LogP contribution is -2.49. The number of ether oxygens (including phenoxy) is 2. The zero-order chi connectivity index (χ0) is 25.8. The highest BCUT2D eigenvalue weighted by atomic mass is 16.5. The van der Waals surface area contributed by atoms with Gasteiger partial charge in [0.2, 0.25) is 0 Å². The van der Waals surface area contributed by atoms with Crippen LogP contribution in [-0.2, 0) is 6.61 Å². The van der Waals surface area contributed by atoms with Gasteiger partial charge in [0.25, 0.3) is 5.91 Å². The molecule has 1 amide bonds. The molecule has 37 heavy (non-hydrogen) atoms. The van der Waals surface area contributed by atoms with Gasteiger partial charge in [-0.25, -0.2) is 0 Å². The number of carbonyl (C=O) groups is 1. The largest absolute Gasteiger partial charge is 0.493 e. The predicted molar refractivity (Wildman–Crippen MR) is 150 cm³/mol. The van der Waals surface area contributed by atoms with E-state index in [1.54, 1.807) is 0 Å². The van der Waals surface area contributed by atoms with Crippen LogP contribution in [0.2, 0.25) is 0 Å². The van der Waals surface area contributed by atoms with Gasteiger partial charge in [-0.05, 0) is 79.1 Å². The van der Waals surface area contributed by atoms with Crippen molar-refractivity contribution in [2.45, 2.75) is 27.4 Å². The number of piperazine rings is 1. The van der Waals surface area contributed by atoms with Crippen molar-refractivity contribution >= 4 is 22.4 Å². The van der Waals surface area contributed by atoms with Crippen molar-refractivity contribution in [1.82, 2.24) is 4.90 Å². The van der Waals surface area contributed by atoms with E-state index >= 15 is 0 Å². The van der Waals surface area contributed by atoms with Crippen molar-refractivity contribution in [2.75, 3.05) is 37.7 Å². The highest BCUT2D eigenvalue weighted by molar-refractivity contribution is 5.95. The van der Waals surface area contributed by atoms with Crippen LogP contribution in [0.5, 0.6) is 11.5 Å². The minimum atomic E-state index is 0.0515. The second-order valence-electron chi connectivity index (χ2n) is 9.55. The predicted octanol–water partition coefficient (Wildman–Crippen LogP) is 6.40. The van der Waals surface area contributed by atoms with Gasteiger partial charge in [0.05, 0.1) is 6.61 Å². The SMILES string of the molecule is CCOc1ccc(C(=O)N2CCN(c3cccc(C)c3C)CC2)cc1COc1ccc2ccccc2c1. The van der Waals surface area contributed by atoms with Crippen molar-refractivity contribution in [1.29, 1.82) is 0 Å². The zero-order valence-corrected chi connectivity index (χ0v) is 21.9. The highest BCUT2D eigenvalue weighted by Crippen LogP contribution is 2.27. The number of benzene rings is 4. The van der Waals surface area contributed by atoms with Gasteiger partial charge in [-0.3, -0.25) is 4.79 Å². The minimum Gasteiger partial charge on any atom is -0.493 e. The monoisotopic (exact) mass is 494 g/mol. The Kier molecular flexibility index (Phi) is 7.31. The van der Waals surface area contributed by atoms with E-state index in [1.165, 1.54) is 22.2 Å². The number of hydrogen-bond acceptors (Lipinski definition) is 4. The fraction of sp³-hybridized carbons (Fsp3) is 0.281. The zero-order valence-electron chi connectivity index (χ0n) is 21.9. The normalized spacial score (nSPS) is 13.6. The number of anilines is 1. The van der Waals surface area contributed by atoms with E-state index < -0.39 is 0 Å². The van der Waals surface area contributed by atoms with Gasteiger partial charge in [-0.1, -0.05) is 42.5 Å².